The minimum atomic E-state index is -0.744. The summed E-state index contributed by atoms with van der Waals surface area (Å²) in [5, 5.41) is 9.37. The molecular formula is C13H14O6. The normalized spacial score (nSPS) is 9.79. The summed E-state index contributed by atoms with van der Waals surface area (Å²) < 4.78 is 9.52. The first-order chi connectivity index (χ1) is 8.93. The number of aromatic hydroxyl groups is 1. The standard InChI is InChI=1S/C13H14O6/c1-8(14)5-13(17)19-7-11(16)9-3-4-10(15)12(6-9)18-2/h3-4,6,15H,5,7H2,1-2H3. The fraction of sp³-hybridized carbons (Fsp3) is 0.308. The Labute approximate surface area is 109 Å². The van der Waals surface area contributed by atoms with Crippen LogP contribution in [0.25, 0.3) is 0 Å². The molecule has 0 aromatic heterocycles. The molecule has 6 nitrogen and oxygen atoms in total. The Bertz CT molecular complexity index is 506. The summed E-state index contributed by atoms with van der Waals surface area (Å²) in [5.41, 5.74) is 0.241. The Morgan fingerprint density at radius 1 is 1.26 bits per heavy atom. The van der Waals surface area contributed by atoms with E-state index in [1.54, 1.807) is 0 Å². The number of esters is 1. The van der Waals surface area contributed by atoms with Crippen LogP contribution < -0.4 is 4.74 Å². The van der Waals surface area contributed by atoms with E-state index in [1.165, 1.54) is 32.2 Å². The number of benzene rings is 1. The van der Waals surface area contributed by atoms with Gasteiger partial charge in [0.05, 0.1) is 7.11 Å². The van der Waals surface area contributed by atoms with Crippen molar-refractivity contribution in [3.05, 3.63) is 23.8 Å². The highest BCUT2D eigenvalue weighted by atomic mass is 16.5. The van der Waals surface area contributed by atoms with Crippen LogP contribution in [0.1, 0.15) is 23.7 Å². The molecule has 0 atom stereocenters. The third-order valence-corrected chi connectivity index (χ3v) is 2.26. The molecule has 1 aromatic carbocycles. The van der Waals surface area contributed by atoms with Crippen LogP contribution in [0, 0.1) is 0 Å². The predicted molar refractivity (Wildman–Crippen MR) is 65.2 cm³/mol. The molecule has 0 aliphatic carbocycles. The van der Waals surface area contributed by atoms with Crippen LogP contribution in [0.5, 0.6) is 11.5 Å². The van der Waals surface area contributed by atoms with Crippen molar-refractivity contribution in [3.8, 4) is 11.5 Å². The molecule has 0 fully saturated rings. The summed E-state index contributed by atoms with van der Waals surface area (Å²) in [6.45, 7) is 0.800. The van der Waals surface area contributed by atoms with Gasteiger partial charge in [-0.2, -0.15) is 0 Å². The maximum absolute atomic E-state index is 11.7. The summed E-state index contributed by atoms with van der Waals surface area (Å²) in [6.07, 6.45) is -0.355. The molecular weight excluding hydrogens is 252 g/mol. The lowest BCUT2D eigenvalue weighted by atomic mass is 10.1. The third-order valence-electron chi connectivity index (χ3n) is 2.26. The molecule has 1 aromatic rings. The van der Waals surface area contributed by atoms with E-state index in [4.69, 9.17) is 4.74 Å². The number of phenolic OH excluding ortho intramolecular Hbond substituents is 1. The second-order valence-electron chi connectivity index (χ2n) is 3.85. The average Bonchev–Trinajstić information content (AvgIpc) is 2.35. The van der Waals surface area contributed by atoms with Gasteiger partial charge in [0, 0.05) is 5.56 Å². The molecule has 0 aliphatic rings. The zero-order chi connectivity index (χ0) is 14.4. The van der Waals surface area contributed by atoms with Gasteiger partial charge >= 0.3 is 5.97 Å². The van der Waals surface area contributed by atoms with Crippen LogP contribution in [0.2, 0.25) is 0 Å². The summed E-state index contributed by atoms with van der Waals surface area (Å²) in [4.78, 5) is 33.5. The van der Waals surface area contributed by atoms with Gasteiger partial charge in [-0.25, -0.2) is 0 Å². The van der Waals surface area contributed by atoms with E-state index in [-0.39, 0.29) is 29.3 Å². The zero-order valence-corrected chi connectivity index (χ0v) is 10.6. The van der Waals surface area contributed by atoms with E-state index in [2.05, 4.69) is 4.74 Å². The minimum absolute atomic E-state index is 0.0902. The predicted octanol–water partition coefficient (Wildman–Crippen LogP) is 1.11. The van der Waals surface area contributed by atoms with Crippen molar-refractivity contribution in [2.45, 2.75) is 13.3 Å². The first-order valence-corrected chi connectivity index (χ1v) is 5.49. The Kier molecular flexibility index (Phi) is 5.05. The number of ketones is 2. The van der Waals surface area contributed by atoms with Crippen LogP contribution >= 0.6 is 0 Å². The number of hydrogen-bond acceptors (Lipinski definition) is 6. The van der Waals surface area contributed by atoms with Crippen LogP contribution in [0.4, 0.5) is 0 Å². The largest absolute Gasteiger partial charge is 0.504 e. The molecule has 6 heteroatoms. The van der Waals surface area contributed by atoms with Crippen molar-refractivity contribution in [2.75, 3.05) is 13.7 Å². The molecule has 0 spiro atoms. The summed E-state index contributed by atoms with van der Waals surface area (Å²) in [5.74, 6) is -1.46. The second kappa shape index (κ2) is 6.53. The number of carbonyl (C=O) groups excluding carboxylic acids is 3. The Morgan fingerprint density at radius 3 is 2.53 bits per heavy atom. The molecule has 0 saturated heterocycles. The molecule has 0 heterocycles. The van der Waals surface area contributed by atoms with Gasteiger partial charge in [-0.15, -0.1) is 0 Å². The quantitative estimate of drug-likeness (QED) is 0.471. The number of methoxy groups -OCH3 is 1. The average molecular weight is 266 g/mol. The molecule has 0 bridgehead atoms. The lowest BCUT2D eigenvalue weighted by Gasteiger charge is -2.06. The highest BCUT2D eigenvalue weighted by Crippen LogP contribution is 2.26. The van der Waals surface area contributed by atoms with Gasteiger partial charge in [0.15, 0.2) is 23.9 Å². The summed E-state index contributed by atoms with van der Waals surface area (Å²) in [7, 11) is 1.36. The number of ether oxygens (including phenoxy) is 2. The topological polar surface area (TPSA) is 89.9 Å². The third kappa shape index (κ3) is 4.42. The SMILES string of the molecule is COc1cc(C(=O)COC(=O)CC(C)=O)ccc1O. The van der Waals surface area contributed by atoms with Crippen molar-refractivity contribution < 1.29 is 29.0 Å². The fourth-order valence-electron chi connectivity index (χ4n) is 1.33. The first-order valence-electron chi connectivity index (χ1n) is 5.49. The van der Waals surface area contributed by atoms with Crippen LogP contribution in [-0.2, 0) is 14.3 Å². The van der Waals surface area contributed by atoms with Gasteiger partial charge < -0.3 is 14.6 Å². The molecule has 0 aliphatic heterocycles. The highest BCUT2D eigenvalue weighted by Gasteiger charge is 2.13. The van der Waals surface area contributed by atoms with Gasteiger partial charge in [0.2, 0.25) is 0 Å². The van der Waals surface area contributed by atoms with Crippen molar-refractivity contribution in [3.63, 3.8) is 0 Å². The molecule has 19 heavy (non-hydrogen) atoms. The molecule has 0 amide bonds. The number of carbonyl (C=O) groups is 3. The molecule has 1 rings (SSSR count). The Balaban J connectivity index is 2.63. The highest BCUT2D eigenvalue weighted by molar-refractivity contribution is 6.00. The van der Waals surface area contributed by atoms with E-state index in [0.717, 1.165) is 0 Å². The zero-order valence-electron chi connectivity index (χ0n) is 10.6. The van der Waals surface area contributed by atoms with Gasteiger partial charge in [0.25, 0.3) is 0 Å². The van der Waals surface area contributed by atoms with Crippen LogP contribution in [0.3, 0.4) is 0 Å². The number of phenols is 1. The van der Waals surface area contributed by atoms with Crippen LogP contribution in [-0.4, -0.2) is 36.4 Å². The molecule has 102 valence electrons. The van der Waals surface area contributed by atoms with Gasteiger partial charge in [-0.3, -0.25) is 14.4 Å². The smallest absolute Gasteiger partial charge is 0.313 e. The first kappa shape index (κ1) is 14.7. The van der Waals surface area contributed by atoms with Crippen molar-refractivity contribution >= 4 is 17.5 Å². The Morgan fingerprint density at radius 2 is 1.95 bits per heavy atom. The molecule has 0 saturated carbocycles. The fourth-order valence-corrected chi connectivity index (χ4v) is 1.33. The van der Waals surface area contributed by atoms with Crippen molar-refractivity contribution in [2.24, 2.45) is 0 Å². The van der Waals surface area contributed by atoms with Gasteiger partial charge in [-0.1, -0.05) is 0 Å². The van der Waals surface area contributed by atoms with E-state index in [0.29, 0.717) is 0 Å². The molecule has 0 unspecified atom stereocenters. The van der Waals surface area contributed by atoms with E-state index >= 15 is 0 Å². The number of Topliss-reactive ketones (excluding diaryl/α,β-unsaturated/α-hetero) is 2. The molecule has 0 radical (unpaired) electrons. The van der Waals surface area contributed by atoms with Gasteiger partial charge in [-0.05, 0) is 25.1 Å². The number of rotatable bonds is 6. The summed E-state index contributed by atoms with van der Waals surface area (Å²) >= 11 is 0. The monoisotopic (exact) mass is 266 g/mol. The maximum atomic E-state index is 11.7. The van der Waals surface area contributed by atoms with Crippen molar-refractivity contribution in [1.29, 1.82) is 0 Å². The van der Waals surface area contributed by atoms with E-state index in [9.17, 15) is 19.5 Å². The summed E-state index contributed by atoms with van der Waals surface area (Å²) in [6, 6.07) is 4.04. The molecule has 1 N–H and O–H groups in total. The van der Waals surface area contributed by atoms with E-state index in [1.807, 2.05) is 0 Å². The second-order valence-corrected chi connectivity index (χ2v) is 3.85. The maximum Gasteiger partial charge on any atom is 0.313 e. The number of hydrogen-bond donors (Lipinski definition) is 1. The van der Waals surface area contributed by atoms with Gasteiger partial charge in [0.1, 0.15) is 12.2 Å². The lowest BCUT2D eigenvalue weighted by Crippen LogP contribution is -2.15. The van der Waals surface area contributed by atoms with E-state index < -0.39 is 18.4 Å². The lowest BCUT2D eigenvalue weighted by molar-refractivity contribution is -0.144. The Hall–Kier alpha value is -2.37. The van der Waals surface area contributed by atoms with Crippen molar-refractivity contribution in [1.82, 2.24) is 0 Å². The van der Waals surface area contributed by atoms with Crippen LogP contribution in [0.15, 0.2) is 18.2 Å². The minimum Gasteiger partial charge on any atom is -0.504 e.